The Bertz CT molecular complexity index is 1630. The zero-order valence-electron chi connectivity index (χ0n) is 18.2. The molecule has 34 heavy (non-hydrogen) atoms. The van der Waals surface area contributed by atoms with Crippen LogP contribution >= 0.6 is 11.3 Å². The quantitative estimate of drug-likeness (QED) is 0.379. The molecule has 0 saturated heterocycles. The smallest absolute Gasteiger partial charge is 0.296 e. The average Bonchev–Trinajstić information content (AvgIpc) is 3.14. The molecule has 5 aromatic rings. The third-order valence-electron chi connectivity index (χ3n) is 5.12. The van der Waals surface area contributed by atoms with Gasteiger partial charge in [0.25, 0.3) is 11.1 Å². The summed E-state index contributed by atoms with van der Waals surface area (Å²) in [5, 5.41) is 4.31. The van der Waals surface area contributed by atoms with Crippen LogP contribution in [0.1, 0.15) is 16.8 Å². The topological polar surface area (TPSA) is 82.8 Å². The van der Waals surface area contributed by atoms with Crippen molar-refractivity contribution in [2.45, 2.75) is 6.42 Å². The van der Waals surface area contributed by atoms with Crippen LogP contribution in [0.5, 0.6) is 17.2 Å². The van der Waals surface area contributed by atoms with E-state index in [1.807, 2.05) is 78.9 Å². The maximum absolute atomic E-state index is 13.0. The van der Waals surface area contributed by atoms with E-state index >= 15 is 0 Å². The Morgan fingerprint density at radius 2 is 1.68 bits per heavy atom. The second kappa shape index (κ2) is 9.29. The van der Waals surface area contributed by atoms with Gasteiger partial charge in [-0.3, -0.25) is 9.59 Å². The fourth-order valence-electron chi connectivity index (χ4n) is 3.43. The Labute approximate surface area is 198 Å². The van der Waals surface area contributed by atoms with Crippen LogP contribution in [0.2, 0.25) is 0 Å². The summed E-state index contributed by atoms with van der Waals surface area (Å²) in [4.78, 5) is 29.9. The summed E-state index contributed by atoms with van der Waals surface area (Å²) < 4.78 is 12.7. The highest BCUT2D eigenvalue weighted by Gasteiger charge is 2.12. The van der Waals surface area contributed by atoms with Crippen molar-refractivity contribution in [1.29, 1.82) is 0 Å². The van der Waals surface area contributed by atoms with Crippen molar-refractivity contribution >= 4 is 22.4 Å². The first-order valence-corrected chi connectivity index (χ1v) is 11.3. The molecule has 0 N–H and O–H groups in total. The molecule has 0 bridgehead atoms. The molecule has 3 aromatic carbocycles. The highest BCUT2D eigenvalue weighted by Crippen LogP contribution is 2.22. The molecule has 0 amide bonds. The van der Waals surface area contributed by atoms with Gasteiger partial charge in [-0.05, 0) is 53.6 Å². The molecule has 2 heterocycles. The van der Waals surface area contributed by atoms with E-state index in [2.05, 4.69) is 10.1 Å². The van der Waals surface area contributed by atoms with Gasteiger partial charge in [-0.1, -0.05) is 53.8 Å². The summed E-state index contributed by atoms with van der Waals surface area (Å²) in [7, 11) is 1.59. The van der Waals surface area contributed by atoms with Gasteiger partial charge >= 0.3 is 0 Å². The van der Waals surface area contributed by atoms with E-state index in [0.29, 0.717) is 10.3 Å². The van der Waals surface area contributed by atoms with Gasteiger partial charge in [-0.15, -0.1) is 0 Å². The molecule has 0 aliphatic rings. The number of hydrogen-bond acceptors (Lipinski definition) is 7. The fourth-order valence-corrected chi connectivity index (χ4v) is 4.34. The summed E-state index contributed by atoms with van der Waals surface area (Å²) >= 11 is 1.13. The van der Waals surface area contributed by atoms with Gasteiger partial charge in [-0.25, -0.2) is 0 Å². The van der Waals surface area contributed by atoms with E-state index in [4.69, 9.17) is 9.47 Å². The largest absolute Gasteiger partial charge is 0.497 e. The minimum absolute atomic E-state index is 0.211. The van der Waals surface area contributed by atoms with E-state index < -0.39 is 5.56 Å². The molecule has 0 aliphatic heterocycles. The Hall–Kier alpha value is -4.30. The molecule has 8 heteroatoms. The zero-order valence-corrected chi connectivity index (χ0v) is 19.0. The molecule has 0 atom stereocenters. The summed E-state index contributed by atoms with van der Waals surface area (Å²) in [5.74, 6) is 2.10. The van der Waals surface area contributed by atoms with Crippen molar-refractivity contribution in [2.24, 2.45) is 0 Å². The maximum atomic E-state index is 13.0. The van der Waals surface area contributed by atoms with Crippen LogP contribution < -0.4 is 25.1 Å². The lowest BCUT2D eigenvalue weighted by molar-refractivity contribution is 0.414. The van der Waals surface area contributed by atoms with Gasteiger partial charge in [0.1, 0.15) is 22.9 Å². The van der Waals surface area contributed by atoms with Crippen molar-refractivity contribution in [3.8, 4) is 17.2 Å². The van der Waals surface area contributed by atoms with E-state index in [0.717, 1.165) is 34.0 Å². The molecule has 0 aliphatic carbocycles. The highest BCUT2D eigenvalue weighted by molar-refractivity contribution is 7.15. The Morgan fingerprint density at radius 3 is 2.44 bits per heavy atom. The van der Waals surface area contributed by atoms with Gasteiger partial charge in [0, 0.05) is 6.42 Å². The van der Waals surface area contributed by atoms with Crippen molar-refractivity contribution in [3.05, 3.63) is 121 Å². The minimum Gasteiger partial charge on any atom is -0.497 e. The first-order chi connectivity index (χ1) is 16.6. The van der Waals surface area contributed by atoms with Gasteiger partial charge in [0.15, 0.2) is 0 Å². The van der Waals surface area contributed by atoms with Crippen molar-refractivity contribution in [2.75, 3.05) is 7.11 Å². The van der Waals surface area contributed by atoms with Crippen LogP contribution in [-0.2, 0) is 6.42 Å². The number of nitrogens with zero attached hydrogens (tertiary/aromatic N) is 3. The number of aromatic nitrogens is 3. The summed E-state index contributed by atoms with van der Waals surface area (Å²) in [6.45, 7) is 0. The normalized spacial score (nSPS) is 11.6. The predicted octanol–water partition coefficient (Wildman–Crippen LogP) is 3.45. The number of rotatable bonds is 6. The monoisotopic (exact) mass is 469 g/mol. The third kappa shape index (κ3) is 4.57. The van der Waals surface area contributed by atoms with Gasteiger partial charge < -0.3 is 9.47 Å². The van der Waals surface area contributed by atoms with E-state index in [1.54, 1.807) is 13.2 Å². The number of methoxy groups -OCH3 is 1. The molecule has 2 aromatic heterocycles. The van der Waals surface area contributed by atoms with Crippen molar-refractivity contribution < 1.29 is 9.47 Å². The predicted molar refractivity (Wildman–Crippen MR) is 131 cm³/mol. The van der Waals surface area contributed by atoms with Crippen molar-refractivity contribution in [3.63, 3.8) is 0 Å². The van der Waals surface area contributed by atoms with Crippen molar-refractivity contribution in [1.82, 2.24) is 14.6 Å². The molecular formula is C26H19N3O4S. The standard InChI is InChI=1S/C26H19N3O4S/c1-32-19-12-10-17(11-13-19)15-22-24(30)27-26-29(28-22)25(31)23(34-26)16-18-6-5-9-21(14-18)33-20-7-3-2-4-8-20/h2-14,16H,15H2,1H3/b23-16-. The molecule has 0 fully saturated rings. The van der Waals surface area contributed by atoms with Crippen LogP contribution in [0, 0.1) is 0 Å². The number of benzene rings is 3. The summed E-state index contributed by atoms with van der Waals surface area (Å²) in [5.41, 5.74) is 1.11. The number of hydrogen-bond donors (Lipinski definition) is 0. The van der Waals surface area contributed by atoms with E-state index in [-0.39, 0.29) is 22.6 Å². The lowest BCUT2D eigenvalue weighted by Gasteiger charge is -2.05. The van der Waals surface area contributed by atoms with Crippen LogP contribution in [0.25, 0.3) is 11.0 Å². The van der Waals surface area contributed by atoms with Crippen LogP contribution in [0.15, 0.2) is 88.5 Å². The first-order valence-electron chi connectivity index (χ1n) is 10.5. The van der Waals surface area contributed by atoms with Crippen LogP contribution in [0.4, 0.5) is 0 Å². The number of ether oxygens (including phenoxy) is 2. The molecule has 168 valence electrons. The number of fused-ring (bicyclic) bond motifs is 1. The Kier molecular flexibility index (Phi) is 5.88. The number of thiazole rings is 1. The molecule has 7 nitrogen and oxygen atoms in total. The molecule has 0 spiro atoms. The summed E-state index contributed by atoms with van der Waals surface area (Å²) in [6, 6.07) is 24.2. The van der Waals surface area contributed by atoms with Gasteiger partial charge in [-0.2, -0.15) is 14.6 Å². The second-order valence-electron chi connectivity index (χ2n) is 7.49. The lowest BCUT2D eigenvalue weighted by atomic mass is 10.1. The molecular weight excluding hydrogens is 450 g/mol. The van der Waals surface area contributed by atoms with Crippen LogP contribution in [-0.4, -0.2) is 21.7 Å². The Morgan fingerprint density at radius 1 is 0.912 bits per heavy atom. The summed E-state index contributed by atoms with van der Waals surface area (Å²) in [6.07, 6.45) is 2.01. The Balaban J connectivity index is 1.47. The molecule has 0 unspecified atom stereocenters. The SMILES string of the molecule is COc1ccc(Cc2nn3c(=O)/c(=C/c4cccc(Oc5ccccc5)c4)sc3nc2=O)cc1. The maximum Gasteiger partial charge on any atom is 0.296 e. The second-order valence-corrected chi connectivity index (χ2v) is 8.50. The number of para-hydroxylation sites is 1. The van der Waals surface area contributed by atoms with E-state index in [9.17, 15) is 9.59 Å². The first kappa shape index (κ1) is 21.5. The minimum atomic E-state index is -0.443. The molecule has 5 rings (SSSR count). The fraction of sp³-hybridized carbons (Fsp3) is 0.0769. The third-order valence-corrected chi connectivity index (χ3v) is 6.07. The average molecular weight is 470 g/mol. The van der Waals surface area contributed by atoms with Gasteiger partial charge in [0.2, 0.25) is 4.96 Å². The zero-order chi connectivity index (χ0) is 23.5. The highest BCUT2D eigenvalue weighted by atomic mass is 32.1. The molecule has 0 saturated carbocycles. The van der Waals surface area contributed by atoms with Gasteiger partial charge in [0.05, 0.1) is 11.6 Å². The van der Waals surface area contributed by atoms with Crippen LogP contribution in [0.3, 0.4) is 0 Å². The van der Waals surface area contributed by atoms with E-state index in [1.165, 1.54) is 4.52 Å². The molecule has 0 radical (unpaired) electrons. The lowest BCUT2D eigenvalue weighted by Crippen LogP contribution is -2.28.